The Hall–Kier alpha value is -1.08. The van der Waals surface area contributed by atoms with Crippen LogP contribution in [0.2, 0.25) is 0 Å². The zero-order chi connectivity index (χ0) is 14.8. The SMILES string of the molecule is C=C(CC)CC(NCCC)C1C2CCc3ccccc3C21. The monoisotopic (exact) mass is 283 g/mol. The molecule has 0 spiro atoms. The second-order valence-electron chi connectivity index (χ2n) is 6.87. The van der Waals surface area contributed by atoms with E-state index in [0.29, 0.717) is 6.04 Å². The first-order valence-electron chi connectivity index (χ1n) is 8.74. The molecule has 114 valence electrons. The maximum Gasteiger partial charge on any atom is 0.0141 e. The maximum atomic E-state index is 4.25. The quantitative estimate of drug-likeness (QED) is 0.716. The van der Waals surface area contributed by atoms with Gasteiger partial charge in [-0.25, -0.2) is 0 Å². The zero-order valence-electron chi connectivity index (χ0n) is 13.6. The van der Waals surface area contributed by atoms with Gasteiger partial charge in [0, 0.05) is 6.04 Å². The highest BCUT2D eigenvalue weighted by Crippen LogP contribution is 2.61. The van der Waals surface area contributed by atoms with Crippen LogP contribution < -0.4 is 5.32 Å². The summed E-state index contributed by atoms with van der Waals surface area (Å²) < 4.78 is 0. The summed E-state index contributed by atoms with van der Waals surface area (Å²) in [6.45, 7) is 9.88. The lowest BCUT2D eigenvalue weighted by atomic mass is 9.92. The molecule has 0 radical (unpaired) electrons. The van der Waals surface area contributed by atoms with Gasteiger partial charge in [-0.1, -0.05) is 50.3 Å². The van der Waals surface area contributed by atoms with Crippen LogP contribution in [0.25, 0.3) is 0 Å². The van der Waals surface area contributed by atoms with E-state index >= 15 is 0 Å². The number of aryl methyl sites for hydroxylation is 1. The van der Waals surface area contributed by atoms with Gasteiger partial charge in [0.25, 0.3) is 0 Å². The molecule has 1 fully saturated rings. The summed E-state index contributed by atoms with van der Waals surface area (Å²) in [7, 11) is 0. The van der Waals surface area contributed by atoms with E-state index in [1.165, 1.54) is 24.8 Å². The molecule has 1 N–H and O–H groups in total. The molecule has 0 aliphatic heterocycles. The van der Waals surface area contributed by atoms with Crippen LogP contribution in [0.3, 0.4) is 0 Å². The molecule has 0 amide bonds. The molecule has 0 heterocycles. The van der Waals surface area contributed by atoms with Crippen LogP contribution >= 0.6 is 0 Å². The van der Waals surface area contributed by atoms with E-state index in [1.54, 1.807) is 11.1 Å². The van der Waals surface area contributed by atoms with Gasteiger partial charge in [0.05, 0.1) is 0 Å². The highest BCUT2D eigenvalue weighted by Gasteiger charge is 2.55. The van der Waals surface area contributed by atoms with Gasteiger partial charge in [-0.2, -0.15) is 0 Å². The number of benzene rings is 1. The van der Waals surface area contributed by atoms with E-state index in [0.717, 1.165) is 37.1 Å². The Bertz CT molecular complexity index is 504. The topological polar surface area (TPSA) is 12.0 Å². The predicted octanol–water partition coefficient (Wildman–Crippen LogP) is 4.69. The normalized spacial score (nSPS) is 27.6. The summed E-state index contributed by atoms with van der Waals surface area (Å²) in [6, 6.07) is 9.76. The van der Waals surface area contributed by atoms with Crippen LogP contribution in [0.4, 0.5) is 0 Å². The third-order valence-corrected chi connectivity index (χ3v) is 5.52. The van der Waals surface area contributed by atoms with Crippen LogP contribution in [-0.4, -0.2) is 12.6 Å². The van der Waals surface area contributed by atoms with Crippen LogP contribution in [0, 0.1) is 11.8 Å². The maximum absolute atomic E-state index is 4.25. The van der Waals surface area contributed by atoms with Crippen LogP contribution in [0.5, 0.6) is 0 Å². The molecular formula is C20H29N. The van der Waals surface area contributed by atoms with Crippen LogP contribution in [0.1, 0.15) is 56.6 Å². The van der Waals surface area contributed by atoms with Gasteiger partial charge in [-0.15, -0.1) is 0 Å². The second-order valence-corrected chi connectivity index (χ2v) is 6.87. The third kappa shape index (κ3) is 2.94. The van der Waals surface area contributed by atoms with E-state index in [2.05, 4.69) is 50.0 Å². The Morgan fingerprint density at radius 3 is 2.90 bits per heavy atom. The molecule has 0 saturated heterocycles. The Kier molecular flexibility index (Phi) is 4.49. The van der Waals surface area contributed by atoms with Gasteiger partial charge < -0.3 is 5.32 Å². The molecule has 3 rings (SSSR count). The van der Waals surface area contributed by atoms with Crippen molar-refractivity contribution in [2.24, 2.45) is 11.8 Å². The van der Waals surface area contributed by atoms with E-state index < -0.39 is 0 Å². The van der Waals surface area contributed by atoms with E-state index in [9.17, 15) is 0 Å². The smallest absolute Gasteiger partial charge is 0.0141 e. The first kappa shape index (κ1) is 14.8. The Balaban J connectivity index is 1.75. The average molecular weight is 283 g/mol. The highest BCUT2D eigenvalue weighted by atomic mass is 14.9. The molecular weight excluding hydrogens is 254 g/mol. The molecule has 2 aliphatic rings. The summed E-state index contributed by atoms with van der Waals surface area (Å²) in [5.74, 6) is 2.57. The fraction of sp³-hybridized carbons (Fsp3) is 0.600. The van der Waals surface area contributed by atoms with Crippen molar-refractivity contribution in [3.8, 4) is 0 Å². The summed E-state index contributed by atoms with van der Waals surface area (Å²) in [5, 5.41) is 3.82. The lowest BCUT2D eigenvalue weighted by Crippen LogP contribution is -2.33. The highest BCUT2D eigenvalue weighted by molar-refractivity contribution is 5.40. The van der Waals surface area contributed by atoms with Crippen molar-refractivity contribution in [1.82, 2.24) is 5.32 Å². The minimum Gasteiger partial charge on any atom is -0.313 e. The number of nitrogens with one attached hydrogen (secondary N) is 1. The van der Waals surface area contributed by atoms with Gasteiger partial charge in [-0.05, 0) is 67.5 Å². The zero-order valence-corrected chi connectivity index (χ0v) is 13.6. The number of rotatable bonds is 7. The lowest BCUT2D eigenvalue weighted by molar-refractivity contribution is 0.428. The minimum atomic E-state index is 0.638. The van der Waals surface area contributed by atoms with Crippen LogP contribution in [0.15, 0.2) is 36.4 Å². The van der Waals surface area contributed by atoms with Gasteiger partial charge >= 0.3 is 0 Å². The van der Waals surface area contributed by atoms with Crippen molar-refractivity contribution in [2.75, 3.05) is 6.54 Å². The molecule has 0 aromatic heterocycles. The Labute approximate surface area is 129 Å². The van der Waals surface area contributed by atoms with Gasteiger partial charge in [0.1, 0.15) is 0 Å². The van der Waals surface area contributed by atoms with Crippen molar-refractivity contribution >= 4 is 0 Å². The van der Waals surface area contributed by atoms with Gasteiger partial charge in [0.2, 0.25) is 0 Å². The summed E-state index contributed by atoms with van der Waals surface area (Å²) in [6.07, 6.45) is 6.16. The summed E-state index contributed by atoms with van der Waals surface area (Å²) >= 11 is 0. The Morgan fingerprint density at radius 2 is 2.14 bits per heavy atom. The molecule has 0 bridgehead atoms. The number of fused-ring (bicyclic) bond motifs is 3. The molecule has 1 saturated carbocycles. The first-order valence-corrected chi connectivity index (χ1v) is 8.74. The molecule has 1 heteroatoms. The molecule has 1 aromatic rings. The largest absolute Gasteiger partial charge is 0.313 e. The minimum absolute atomic E-state index is 0.638. The van der Waals surface area contributed by atoms with E-state index in [4.69, 9.17) is 0 Å². The summed E-state index contributed by atoms with van der Waals surface area (Å²) in [5.41, 5.74) is 4.65. The number of hydrogen-bond acceptors (Lipinski definition) is 1. The van der Waals surface area contributed by atoms with Gasteiger partial charge in [-0.3, -0.25) is 0 Å². The Morgan fingerprint density at radius 1 is 1.33 bits per heavy atom. The molecule has 1 aromatic carbocycles. The van der Waals surface area contributed by atoms with Crippen molar-refractivity contribution in [2.45, 2.75) is 57.9 Å². The van der Waals surface area contributed by atoms with Crippen LogP contribution in [-0.2, 0) is 6.42 Å². The summed E-state index contributed by atoms with van der Waals surface area (Å²) in [4.78, 5) is 0. The van der Waals surface area contributed by atoms with Crippen molar-refractivity contribution < 1.29 is 0 Å². The molecule has 4 atom stereocenters. The molecule has 1 nitrogen and oxygen atoms in total. The fourth-order valence-corrected chi connectivity index (χ4v) is 4.30. The molecule has 4 unspecified atom stereocenters. The second kappa shape index (κ2) is 6.36. The molecule has 21 heavy (non-hydrogen) atoms. The van der Waals surface area contributed by atoms with Crippen molar-refractivity contribution in [3.63, 3.8) is 0 Å². The first-order chi connectivity index (χ1) is 10.3. The molecule has 2 aliphatic carbocycles. The average Bonchev–Trinajstić information content (AvgIpc) is 3.26. The van der Waals surface area contributed by atoms with E-state index in [1.807, 2.05) is 0 Å². The lowest BCUT2D eigenvalue weighted by Gasteiger charge is -2.20. The standard InChI is InChI=1S/C20H29N/c1-4-12-21-18(13-14(3)5-2)20-17-11-10-15-8-6-7-9-16(15)19(17)20/h6-9,17-21H,3-5,10-13H2,1-2H3. The van der Waals surface area contributed by atoms with Gasteiger partial charge in [0.15, 0.2) is 0 Å². The van der Waals surface area contributed by atoms with Crippen molar-refractivity contribution in [1.29, 1.82) is 0 Å². The predicted molar refractivity (Wildman–Crippen MR) is 90.6 cm³/mol. The van der Waals surface area contributed by atoms with E-state index in [-0.39, 0.29) is 0 Å². The fourth-order valence-electron chi connectivity index (χ4n) is 4.30. The van der Waals surface area contributed by atoms with Crippen molar-refractivity contribution in [3.05, 3.63) is 47.5 Å². The number of hydrogen-bond donors (Lipinski definition) is 1. The third-order valence-electron chi connectivity index (χ3n) is 5.52.